The van der Waals surface area contributed by atoms with E-state index in [1.165, 1.54) is 238 Å². The zero-order chi connectivity index (χ0) is 46.5. The van der Waals surface area contributed by atoms with Crippen LogP contribution in [0.25, 0.3) is 0 Å². The third-order valence-electron chi connectivity index (χ3n) is 13.4. The van der Waals surface area contributed by atoms with Crippen molar-refractivity contribution in [3.8, 4) is 0 Å². The topological polar surface area (TPSA) is 78.9 Å². The van der Waals surface area contributed by atoms with E-state index in [1.54, 1.807) is 0 Å². The first-order chi connectivity index (χ1) is 31.5. The van der Waals surface area contributed by atoms with Gasteiger partial charge in [-0.05, 0) is 19.3 Å². The van der Waals surface area contributed by atoms with Crippen LogP contribution in [0.1, 0.15) is 335 Å². The maximum absolute atomic E-state index is 12.8. The molecule has 6 nitrogen and oxygen atoms in total. The van der Waals surface area contributed by atoms with E-state index >= 15 is 0 Å². The largest absolute Gasteiger partial charge is 0.462 e. The molecule has 380 valence electrons. The molecule has 0 saturated heterocycles. The first kappa shape index (κ1) is 62.4. The summed E-state index contributed by atoms with van der Waals surface area (Å²) < 4.78 is 16.9. The van der Waals surface area contributed by atoms with Crippen molar-refractivity contribution in [2.75, 3.05) is 13.2 Å². The molecule has 0 aliphatic carbocycles. The Kier molecular flexibility index (Phi) is 52.7. The van der Waals surface area contributed by atoms with Gasteiger partial charge >= 0.3 is 17.9 Å². The molecule has 0 amide bonds. The van der Waals surface area contributed by atoms with Gasteiger partial charge in [0.25, 0.3) is 0 Å². The third kappa shape index (κ3) is 51.4. The molecule has 0 aliphatic heterocycles. The second kappa shape index (κ2) is 54.0. The predicted molar refractivity (Wildman–Crippen MR) is 275 cm³/mol. The number of esters is 3. The number of unbranched alkanes of at least 4 members (excludes halogenated alkanes) is 43. The quantitative estimate of drug-likeness (QED) is 0.0344. The molecule has 0 N–H and O–H groups in total. The summed E-state index contributed by atoms with van der Waals surface area (Å²) in [6.45, 7) is 6.70. The van der Waals surface area contributed by atoms with Crippen LogP contribution in [0, 0.1) is 0 Å². The van der Waals surface area contributed by atoms with Gasteiger partial charge in [-0.15, -0.1) is 0 Å². The van der Waals surface area contributed by atoms with Gasteiger partial charge < -0.3 is 14.2 Å². The van der Waals surface area contributed by atoms with Crippen LogP contribution in [0.2, 0.25) is 0 Å². The second-order valence-corrected chi connectivity index (χ2v) is 19.9. The van der Waals surface area contributed by atoms with E-state index in [2.05, 4.69) is 20.8 Å². The molecule has 0 aliphatic rings. The Morgan fingerprint density at radius 1 is 0.250 bits per heavy atom. The molecule has 1 atom stereocenters. The predicted octanol–water partition coefficient (Wildman–Crippen LogP) is 19.2. The fourth-order valence-corrected chi connectivity index (χ4v) is 8.98. The molecule has 0 radical (unpaired) electrons. The fraction of sp³-hybridized carbons (Fsp3) is 0.948. The molecular weight excluding hydrogens is 793 g/mol. The Morgan fingerprint density at radius 3 is 0.625 bits per heavy atom. The lowest BCUT2D eigenvalue weighted by atomic mass is 10.0. The van der Waals surface area contributed by atoms with Crippen molar-refractivity contribution in [3.63, 3.8) is 0 Å². The van der Waals surface area contributed by atoms with Crippen LogP contribution in [-0.2, 0) is 28.6 Å². The van der Waals surface area contributed by atoms with Crippen molar-refractivity contribution in [1.29, 1.82) is 0 Å². The number of carbonyl (C=O) groups excluding carboxylic acids is 3. The smallest absolute Gasteiger partial charge is 0.306 e. The standard InChI is InChI=1S/C58H112O6/c1-4-7-10-13-16-19-22-25-27-28-29-30-31-32-34-36-39-42-45-48-51-57(60)63-54-55(53-62-56(59)50-47-44-41-38-35-24-21-18-15-12-9-6-3)64-58(61)52-49-46-43-40-37-33-26-23-20-17-14-11-8-5-2/h55H,4-54H2,1-3H3. The van der Waals surface area contributed by atoms with Crippen LogP contribution in [0.15, 0.2) is 0 Å². The Balaban J connectivity index is 4.23. The maximum atomic E-state index is 12.8. The summed E-state index contributed by atoms with van der Waals surface area (Å²) >= 11 is 0. The van der Waals surface area contributed by atoms with Gasteiger partial charge in [0.05, 0.1) is 0 Å². The van der Waals surface area contributed by atoms with Gasteiger partial charge in [-0.3, -0.25) is 14.4 Å². The zero-order valence-corrected chi connectivity index (χ0v) is 43.6. The molecule has 0 spiro atoms. The minimum absolute atomic E-state index is 0.0611. The van der Waals surface area contributed by atoms with Crippen molar-refractivity contribution in [2.45, 2.75) is 341 Å². The monoisotopic (exact) mass is 905 g/mol. The molecule has 0 aromatic heterocycles. The summed E-state index contributed by atoms with van der Waals surface area (Å²) in [5, 5.41) is 0. The Labute approximate surface area is 399 Å². The van der Waals surface area contributed by atoms with Crippen LogP contribution < -0.4 is 0 Å². The zero-order valence-electron chi connectivity index (χ0n) is 43.6. The van der Waals surface area contributed by atoms with Crippen LogP contribution in [-0.4, -0.2) is 37.2 Å². The van der Waals surface area contributed by atoms with E-state index in [1.807, 2.05) is 0 Å². The minimum atomic E-state index is -0.760. The molecule has 64 heavy (non-hydrogen) atoms. The summed E-state index contributed by atoms with van der Waals surface area (Å²) in [5.41, 5.74) is 0. The van der Waals surface area contributed by atoms with Crippen molar-refractivity contribution < 1.29 is 28.6 Å². The van der Waals surface area contributed by atoms with E-state index in [9.17, 15) is 14.4 Å². The third-order valence-corrected chi connectivity index (χ3v) is 13.4. The SMILES string of the molecule is CCCCCCCCCCCCCCCCCCCCCCC(=O)OCC(COC(=O)CCCCCCCCCCCCCC)OC(=O)CCCCCCCCCCCCCCCC. The summed E-state index contributed by atoms with van der Waals surface area (Å²) in [7, 11) is 0. The van der Waals surface area contributed by atoms with Gasteiger partial charge in [0.2, 0.25) is 0 Å². The lowest BCUT2D eigenvalue weighted by Gasteiger charge is -2.18. The molecule has 0 saturated carbocycles. The summed E-state index contributed by atoms with van der Waals surface area (Å²) in [6.07, 6.45) is 59.5. The van der Waals surface area contributed by atoms with Crippen molar-refractivity contribution in [1.82, 2.24) is 0 Å². The highest BCUT2D eigenvalue weighted by atomic mass is 16.6. The van der Waals surface area contributed by atoms with Gasteiger partial charge in [-0.2, -0.15) is 0 Å². The van der Waals surface area contributed by atoms with Crippen LogP contribution >= 0.6 is 0 Å². The number of hydrogen-bond acceptors (Lipinski definition) is 6. The molecular formula is C58H112O6. The van der Waals surface area contributed by atoms with E-state index < -0.39 is 6.10 Å². The Hall–Kier alpha value is -1.59. The lowest BCUT2D eigenvalue weighted by molar-refractivity contribution is -0.167. The normalized spacial score (nSPS) is 11.9. The summed E-state index contributed by atoms with van der Waals surface area (Å²) in [6, 6.07) is 0. The summed E-state index contributed by atoms with van der Waals surface area (Å²) in [5.74, 6) is -0.833. The molecule has 6 heteroatoms. The molecule has 0 aromatic rings. The van der Waals surface area contributed by atoms with E-state index in [4.69, 9.17) is 14.2 Å². The second-order valence-electron chi connectivity index (χ2n) is 19.9. The lowest BCUT2D eigenvalue weighted by Crippen LogP contribution is -2.30. The fourth-order valence-electron chi connectivity index (χ4n) is 8.98. The van der Waals surface area contributed by atoms with Gasteiger partial charge in [0.15, 0.2) is 6.10 Å². The molecule has 0 fully saturated rings. The number of rotatable bonds is 54. The van der Waals surface area contributed by atoms with Crippen LogP contribution in [0.4, 0.5) is 0 Å². The van der Waals surface area contributed by atoms with E-state index in [0.29, 0.717) is 19.3 Å². The molecule has 0 bridgehead atoms. The van der Waals surface area contributed by atoms with Crippen LogP contribution in [0.3, 0.4) is 0 Å². The average Bonchev–Trinajstić information content (AvgIpc) is 3.29. The molecule has 0 heterocycles. The Morgan fingerprint density at radius 2 is 0.422 bits per heavy atom. The van der Waals surface area contributed by atoms with Crippen molar-refractivity contribution >= 4 is 17.9 Å². The Bertz CT molecular complexity index is 951. The van der Waals surface area contributed by atoms with Crippen molar-refractivity contribution in [2.24, 2.45) is 0 Å². The van der Waals surface area contributed by atoms with Gasteiger partial charge in [0.1, 0.15) is 13.2 Å². The highest BCUT2D eigenvalue weighted by Gasteiger charge is 2.19. The van der Waals surface area contributed by atoms with Crippen LogP contribution in [0.5, 0.6) is 0 Å². The first-order valence-corrected chi connectivity index (χ1v) is 29.0. The summed E-state index contributed by atoms with van der Waals surface area (Å²) in [4.78, 5) is 38.1. The molecule has 0 rings (SSSR count). The first-order valence-electron chi connectivity index (χ1n) is 29.0. The van der Waals surface area contributed by atoms with Gasteiger partial charge in [-0.1, -0.05) is 297 Å². The van der Waals surface area contributed by atoms with E-state index in [-0.39, 0.29) is 31.1 Å². The average molecular weight is 906 g/mol. The van der Waals surface area contributed by atoms with E-state index in [0.717, 1.165) is 57.8 Å². The molecule has 0 aromatic carbocycles. The number of carbonyl (C=O) groups is 3. The maximum Gasteiger partial charge on any atom is 0.306 e. The number of ether oxygens (including phenoxy) is 3. The number of hydrogen-bond donors (Lipinski definition) is 0. The van der Waals surface area contributed by atoms with Crippen molar-refractivity contribution in [3.05, 3.63) is 0 Å². The van der Waals surface area contributed by atoms with Gasteiger partial charge in [-0.25, -0.2) is 0 Å². The minimum Gasteiger partial charge on any atom is -0.462 e. The molecule has 1 unspecified atom stereocenters. The highest BCUT2D eigenvalue weighted by molar-refractivity contribution is 5.71. The van der Waals surface area contributed by atoms with Gasteiger partial charge in [0, 0.05) is 19.3 Å². The highest BCUT2D eigenvalue weighted by Crippen LogP contribution is 2.18.